The Morgan fingerprint density at radius 2 is 2.00 bits per heavy atom. The Morgan fingerprint density at radius 3 is 2.78 bits per heavy atom. The van der Waals surface area contributed by atoms with Crippen molar-refractivity contribution in [2.75, 3.05) is 11.9 Å². The molecule has 0 radical (unpaired) electrons. The molecule has 0 bridgehead atoms. The summed E-state index contributed by atoms with van der Waals surface area (Å²) in [5.41, 5.74) is 1.84. The summed E-state index contributed by atoms with van der Waals surface area (Å²) in [6.07, 6.45) is 0. The number of anilines is 1. The number of benzene rings is 2. The van der Waals surface area contributed by atoms with Crippen molar-refractivity contribution in [1.82, 2.24) is 4.98 Å². The highest BCUT2D eigenvalue weighted by molar-refractivity contribution is 7.14. The minimum atomic E-state index is -0.360. The van der Waals surface area contributed by atoms with Gasteiger partial charge in [0.1, 0.15) is 5.75 Å². The molecule has 1 aromatic heterocycles. The standard InChI is InChI=1S/C19H14Cl2N2O3S/c1-11(24)12-3-2-4-14(7-12)26-9-18(25)23-19-22-17(10-27-19)15-8-13(20)5-6-16(15)21/h2-8,10H,9H2,1H3,(H,22,23,25). The van der Waals surface area contributed by atoms with Crippen LogP contribution in [-0.4, -0.2) is 23.3 Å². The normalized spacial score (nSPS) is 10.5. The Labute approximate surface area is 169 Å². The lowest BCUT2D eigenvalue weighted by Gasteiger charge is -2.06. The topological polar surface area (TPSA) is 68.3 Å². The van der Waals surface area contributed by atoms with E-state index in [-0.39, 0.29) is 18.3 Å². The highest BCUT2D eigenvalue weighted by Gasteiger charge is 2.12. The van der Waals surface area contributed by atoms with E-state index in [1.165, 1.54) is 18.3 Å². The van der Waals surface area contributed by atoms with Gasteiger partial charge in [-0.05, 0) is 37.3 Å². The molecule has 3 aromatic rings. The van der Waals surface area contributed by atoms with Gasteiger partial charge in [0, 0.05) is 21.5 Å². The van der Waals surface area contributed by atoms with Crippen molar-refractivity contribution in [1.29, 1.82) is 0 Å². The second-order valence-electron chi connectivity index (χ2n) is 5.58. The van der Waals surface area contributed by atoms with Gasteiger partial charge in [-0.25, -0.2) is 4.98 Å². The maximum absolute atomic E-state index is 12.1. The second kappa shape index (κ2) is 8.52. The molecular weight excluding hydrogens is 407 g/mol. The Kier molecular flexibility index (Phi) is 6.11. The van der Waals surface area contributed by atoms with Crippen molar-refractivity contribution in [3.8, 4) is 17.0 Å². The molecular formula is C19H14Cl2N2O3S. The molecule has 27 heavy (non-hydrogen) atoms. The number of hydrogen-bond acceptors (Lipinski definition) is 5. The van der Waals surface area contributed by atoms with E-state index in [2.05, 4.69) is 10.3 Å². The lowest BCUT2D eigenvalue weighted by atomic mass is 10.1. The number of ketones is 1. The molecule has 8 heteroatoms. The number of nitrogens with zero attached hydrogens (tertiary/aromatic N) is 1. The molecule has 2 aromatic carbocycles. The zero-order valence-electron chi connectivity index (χ0n) is 14.2. The molecule has 0 unspecified atom stereocenters. The number of carbonyl (C=O) groups is 2. The third-order valence-electron chi connectivity index (χ3n) is 3.57. The fraction of sp³-hybridized carbons (Fsp3) is 0.105. The van der Waals surface area contributed by atoms with Gasteiger partial charge >= 0.3 is 0 Å². The van der Waals surface area contributed by atoms with Gasteiger partial charge in [-0.3, -0.25) is 14.9 Å². The van der Waals surface area contributed by atoms with Gasteiger partial charge in [0.2, 0.25) is 0 Å². The molecule has 0 fully saturated rings. The number of rotatable bonds is 6. The summed E-state index contributed by atoms with van der Waals surface area (Å²) in [4.78, 5) is 27.8. The lowest BCUT2D eigenvalue weighted by Crippen LogP contribution is -2.20. The number of hydrogen-bond donors (Lipinski definition) is 1. The monoisotopic (exact) mass is 420 g/mol. The molecule has 1 heterocycles. The zero-order valence-corrected chi connectivity index (χ0v) is 16.5. The third-order valence-corrected chi connectivity index (χ3v) is 4.89. The van der Waals surface area contributed by atoms with Gasteiger partial charge in [0.25, 0.3) is 5.91 Å². The smallest absolute Gasteiger partial charge is 0.264 e. The first-order chi connectivity index (χ1) is 12.9. The van der Waals surface area contributed by atoms with Crippen molar-refractivity contribution >= 4 is 51.4 Å². The molecule has 0 saturated carbocycles. The Bertz CT molecular complexity index is 1000. The fourth-order valence-electron chi connectivity index (χ4n) is 2.26. The van der Waals surface area contributed by atoms with Gasteiger partial charge in [0.05, 0.1) is 10.7 Å². The SMILES string of the molecule is CC(=O)c1cccc(OCC(=O)Nc2nc(-c3cc(Cl)ccc3Cl)cs2)c1. The van der Waals surface area contributed by atoms with Gasteiger partial charge in [-0.2, -0.15) is 0 Å². The van der Waals surface area contributed by atoms with Crippen molar-refractivity contribution in [2.45, 2.75) is 6.92 Å². The van der Waals surface area contributed by atoms with Crippen molar-refractivity contribution in [3.05, 3.63) is 63.5 Å². The number of halogens is 2. The minimum Gasteiger partial charge on any atom is -0.484 e. The van der Waals surface area contributed by atoms with Crippen molar-refractivity contribution in [2.24, 2.45) is 0 Å². The average molecular weight is 421 g/mol. The molecule has 0 aliphatic heterocycles. The van der Waals surface area contributed by atoms with Crippen LogP contribution in [0.3, 0.4) is 0 Å². The predicted octanol–water partition coefficient (Wildman–Crippen LogP) is 5.34. The Balaban J connectivity index is 1.62. The van der Waals surface area contributed by atoms with Crippen LogP contribution in [0.25, 0.3) is 11.3 Å². The van der Waals surface area contributed by atoms with Crippen LogP contribution in [0.1, 0.15) is 17.3 Å². The van der Waals surface area contributed by atoms with Crippen LogP contribution < -0.4 is 10.1 Å². The van der Waals surface area contributed by atoms with Crippen LogP contribution in [0, 0.1) is 0 Å². The number of nitrogens with one attached hydrogen (secondary N) is 1. The van der Waals surface area contributed by atoms with E-state index in [9.17, 15) is 9.59 Å². The number of thiazole rings is 1. The van der Waals surface area contributed by atoms with Crippen LogP contribution in [0.15, 0.2) is 47.8 Å². The molecule has 0 aliphatic carbocycles. The summed E-state index contributed by atoms with van der Waals surface area (Å²) in [6.45, 7) is 1.27. The molecule has 5 nitrogen and oxygen atoms in total. The highest BCUT2D eigenvalue weighted by atomic mass is 35.5. The first kappa shape index (κ1) is 19.4. The summed E-state index contributed by atoms with van der Waals surface area (Å²) >= 11 is 13.4. The average Bonchev–Trinajstić information content (AvgIpc) is 3.10. The lowest BCUT2D eigenvalue weighted by molar-refractivity contribution is -0.118. The molecule has 3 rings (SSSR count). The fourth-order valence-corrected chi connectivity index (χ4v) is 3.37. The van der Waals surface area contributed by atoms with Crippen molar-refractivity contribution < 1.29 is 14.3 Å². The molecule has 138 valence electrons. The molecule has 0 spiro atoms. The van der Waals surface area contributed by atoms with Crippen LogP contribution in [0.2, 0.25) is 10.0 Å². The molecule has 0 saturated heterocycles. The number of amides is 1. The second-order valence-corrected chi connectivity index (χ2v) is 7.28. The Morgan fingerprint density at radius 1 is 1.19 bits per heavy atom. The molecule has 0 atom stereocenters. The van der Waals surface area contributed by atoms with E-state index in [4.69, 9.17) is 27.9 Å². The van der Waals surface area contributed by atoms with E-state index in [0.717, 1.165) is 0 Å². The first-order valence-electron chi connectivity index (χ1n) is 7.87. The number of carbonyl (C=O) groups excluding carboxylic acids is 2. The summed E-state index contributed by atoms with van der Waals surface area (Å²) in [5, 5.41) is 5.95. The van der Waals surface area contributed by atoms with E-state index >= 15 is 0 Å². The van der Waals surface area contributed by atoms with E-state index in [1.807, 2.05) is 0 Å². The first-order valence-corrected chi connectivity index (χ1v) is 9.50. The van der Waals surface area contributed by atoms with Crippen LogP contribution in [-0.2, 0) is 4.79 Å². The third kappa shape index (κ3) is 5.07. The predicted molar refractivity (Wildman–Crippen MR) is 108 cm³/mol. The largest absolute Gasteiger partial charge is 0.484 e. The number of ether oxygens (including phenoxy) is 1. The summed E-state index contributed by atoms with van der Waals surface area (Å²) < 4.78 is 5.43. The van der Waals surface area contributed by atoms with Crippen molar-refractivity contribution in [3.63, 3.8) is 0 Å². The van der Waals surface area contributed by atoms with E-state index < -0.39 is 0 Å². The van der Waals surface area contributed by atoms with Crippen LogP contribution in [0.4, 0.5) is 5.13 Å². The van der Waals surface area contributed by atoms with Gasteiger partial charge in [0.15, 0.2) is 17.5 Å². The molecule has 1 N–H and O–H groups in total. The number of aromatic nitrogens is 1. The van der Waals surface area contributed by atoms with E-state index in [0.29, 0.717) is 37.7 Å². The maximum atomic E-state index is 12.1. The summed E-state index contributed by atoms with van der Waals surface area (Å²) in [5.74, 6) is 0.0181. The summed E-state index contributed by atoms with van der Waals surface area (Å²) in [6, 6.07) is 11.8. The number of Topliss-reactive ketones (excluding diaryl/α,β-unsaturated/α-hetero) is 1. The summed E-state index contributed by atoms with van der Waals surface area (Å²) in [7, 11) is 0. The van der Waals surface area contributed by atoms with Gasteiger partial charge in [-0.1, -0.05) is 35.3 Å². The van der Waals surface area contributed by atoms with Gasteiger partial charge in [-0.15, -0.1) is 11.3 Å². The Hall–Kier alpha value is -2.41. The van der Waals surface area contributed by atoms with Gasteiger partial charge < -0.3 is 4.74 Å². The molecule has 0 aliphatic rings. The zero-order chi connectivity index (χ0) is 19.4. The maximum Gasteiger partial charge on any atom is 0.264 e. The molecule has 1 amide bonds. The highest BCUT2D eigenvalue weighted by Crippen LogP contribution is 2.32. The van der Waals surface area contributed by atoms with E-state index in [1.54, 1.807) is 47.8 Å². The quantitative estimate of drug-likeness (QED) is 0.546. The minimum absolute atomic E-state index is 0.0695. The van der Waals surface area contributed by atoms with Crippen LogP contribution >= 0.6 is 34.5 Å². The van der Waals surface area contributed by atoms with Crippen LogP contribution in [0.5, 0.6) is 5.75 Å².